The second kappa shape index (κ2) is 5.10. The van der Waals surface area contributed by atoms with Gasteiger partial charge < -0.3 is 9.84 Å². The SMILES string of the molecule is Cc1ccc(F)c(C(O)C2CCCCO2)c1F. The van der Waals surface area contributed by atoms with Gasteiger partial charge >= 0.3 is 0 Å². The van der Waals surface area contributed by atoms with Gasteiger partial charge in [0.05, 0.1) is 11.7 Å². The van der Waals surface area contributed by atoms with Gasteiger partial charge in [0, 0.05) is 6.61 Å². The molecule has 1 aromatic rings. The number of aliphatic hydroxyl groups is 1. The van der Waals surface area contributed by atoms with Gasteiger partial charge in [-0.1, -0.05) is 6.07 Å². The van der Waals surface area contributed by atoms with Crippen LogP contribution in [0.2, 0.25) is 0 Å². The van der Waals surface area contributed by atoms with Crippen LogP contribution in [0.3, 0.4) is 0 Å². The minimum Gasteiger partial charge on any atom is -0.385 e. The molecule has 2 unspecified atom stereocenters. The van der Waals surface area contributed by atoms with Crippen molar-refractivity contribution < 1.29 is 18.6 Å². The van der Waals surface area contributed by atoms with Crippen LogP contribution in [0.4, 0.5) is 8.78 Å². The highest BCUT2D eigenvalue weighted by atomic mass is 19.1. The quantitative estimate of drug-likeness (QED) is 0.864. The van der Waals surface area contributed by atoms with Gasteiger partial charge in [-0.2, -0.15) is 0 Å². The van der Waals surface area contributed by atoms with E-state index in [9.17, 15) is 13.9 Å². The summed E-state index contributed by atoms with van der Waals surface area (Å²) in [6, 6.07) is 2.54. The zero-order valence-electron chi connectivity index (χ0n) is 9.75. The molecule has 1 aliphatic heterocycles. The molecule has 4 heteroatoms. The third-order valence-corrected chi connectivity index (χ3v) is 3.18. The normalized spacial score (nSPS) is 22.5. The molecule has 1 heterocycles. The summed E-state index contributed by atoms with van der Waals surface area (Å²) in [5.41, 5.74) is 0.0631. The number of aryl methyl sites for hydroxylation is 1. The topological polar surface area (TPSA) is 29.5 Å². The minimum atomic E-state index is -1.23. The first-order valence-corrected chi connectivity index (χ1v) is 5.85. The summed E-state index contributed by atoms with van der Waals surface area (Å²) in [4.78, 5) is 0. The highest BCUT2D eigenvalue weighted by Crippen LogP contribution is 2.30. The van der Waals surface area contributed by atoms with E-state index in [2.05, 4.69) is 0 Å². The first kappa shape index (κ1) is 12.5. The van der Waals surface area contributed by atoms with Gasteiger partial charge in [-0.3, -0.25) is 0 Å². The van der Waals surface area contributed by atoms with Crippen LogP contribution in [0.5, 0.6) is 0 Å². The lowest BCUT2D eigenvalue weighted by Gasteiger charge is -2.27. The largest absolute Gasteiger partial charge is 0.385 e. The first-order valence-electron chi connectivity index (χ1n) is 5.85. The number of aliphatic hydroxyl groups excluding tert-OH is 1. The predicted octanol–water partition coefficient (Wildman–Crippen LogP) is 2.88. The highest BCUT2D eigenvalue weighted by Gasteiger charge is 2.29. The summed E-state index contributed by atoms with van der Waals surface area (Å²) in [5, 5.41) is 10.0. The van der Waals surface area contributed by atoms with Crippen LogP contribution in [-0.4, -0.2) is 17.8 Å². The molecule has 2 rings (SSSR count). The summed E-state index contributed by atoms with van der Waals surface area (Å²) >= 11 is 0. The Kier molecular flexibility index (Phi) is 3.74. The van der Waals surface area contributed by atoms with Gasteiger partial charge in [-0.25, -0.2) is 8.78 Å². The van der Waals surface area contributed by atoms with Crippen molar-refractivity contribution >= 4 is 0 Å². The van der Waals surface area contributed by atoms with Crippen molar-refractivity contribution in [2.75, 3.05) is 6.61 Å². The lowest BCUT2D eigenvalue weighted by Crippen LogP contribution is -2.27. The van der Waals surface area contributed by atoms with E-state index in [1.807, 2.05) is 0 Å². The molecular weight excluding hydrogens is 226 g/mol. The minimum absolute atomic E-state index is 0.267. The standard InChI is InChI=1S/C13H16F2O2/c1-8-5-6-9(14)11(12(8)15)13(16)10-4-2-3-7-17-10/h5-6,10,13,16H,2-4,7H2,1H3. The number of benzene rings is 1. The number of halogens is 2. The third-order valence-electron chi connectivity index (χ3n) is 3.18. The number of hydrogen-bond donors (Lipinski definition) is 1. The van der Waals surface area contributed by atoms with Crippen molar-refractivity contribution in [3.8, 4) is 0 Å². The van der Waals surface area contributed by atoms with Crippen LogP contribution in [0.25, 0.3) is 0 Å². The van der Waals surface area contributed by atoms with E-state index in [0.29, 0.717) is 18.6 Å². The molecule has 0 radical (unpaired) electrons. The highest BCUT2D eigenvalue weighted by molar-refractivity contribution is 5.29. The van der Waals surface area contributed by atoms with Crippen LogP contribution in [0.1, 0.15) is 36.5 Å². The van der Waals surface area contributed by atoms with E-state index in [0.717, 1.165) is 12.8 Å². The van der Waals surface area contributed by atoms with Crippen molar-refractivity contribution in [3.63, 3.8) is 0 Å². The maximum absolute atomic E-state index is 13.8. The molecular formula is C13H16F2O2. The lowest BCUT2D eigenvalue weighted by atomic mass is 9.96. The Morgan fingerprint density at radius 1 is 1.35 bits per heavy atom. The van der Waals surface area contributed by atoms with Gasteiger partial charge in [0.1, 0.15) is 17.7 Å². The van der Waals surface area contributed by atoms with Crippen molar-refractivity contribution in [1.82, 2.24) is 0 Å². The van der Waals surface area contributed by atoms with Gasteiger partial charge in [-0.05, 0) is 37.8 Å². The summed E-state index contributed by atoms with van der Waals surface area (Å²) in [6.45, 7) is 2.09. The molecule has 2 atom stereocenters. The van der Waals surface area contributed by atoms with E-state index < -0.39 is 23.8 Å². The second-order valence-electron chi connectivity index (χ2n) is 4.44. The molecule has 1 N–H and O–H groups in total. The Morgan fingerprint density at radius 3 is 2.76 bits per heavy atom. The van der Waals surface area contributed by atoms with Gasteiger partial charge in [-0.15, -0.1) is 0 Å². The van der Waals surface area contributed by atoms with Gasteiger partial charge in [0.15, 0.2) is 0 Å². The fourth-order valence-corrected chi connectivity index (χ4v) is 2.15. The van der Waals surface area contributed by atoms with E-state index in [1.54, 1.807) is 6.92 Å². The van der Waals surface area contributed by atoms with Crippen LogP contribution in [0.15, 0.2) is 12.1 Å². The van der Waals surface area contributed by atoms with Crippen molar-refractivity contribution in [3.05, 3.63) is 34.9 Å². The molecule has 0 aromatic heterocycles. The third kappa shape index (κ3) is 2.48. The van der Waals surface area contributed by atoms with Crippen molar-refractivity contribution in [2.24, 2.45) is 0 Å². The van der Waals surface area contributed by atoms with Crippen LogP contribution >= 0.6 is 0 Å². The lowest BCUT2D eigenvalue weighted by molar-refractivity contribution is -0.0656. The number of rotatable bonds is 2. The van der Waals surface area contributed by atoms with E-state index >= 15 is 0 Å². The van der Waals surface area contributed by atoms with Crippen molar-refractivity contribution in [1.29, 1.82) is 0 Å². The summed E-state index contributed by atoms with van der Waals surface area (Å²) in [6.07, 6.45) is 0.747. The molecule has 0 aliphatic carbocycles. The Balaban J connectivity index is 2.29. The first-order chi connectivity index (χ1) is 8.11. The second-order valence-corrected chi connectivity index (χ2v) is 4.44. The zero-order valence-corrected chi connectivity index (χ0v) is 9.75. The Bertz CT molecular complexity index is 401. The number of hydrogen-bond acceptors (Lipinski definition) is 2. The summed E-state index contributed by atoms with van der Waals surface area (Å²) in [5.74, 6) is -1.39. The average Bonchev–Trinajstić information content (AvgIpc) is 2.35. The fraction of sp³-hybridized carbons (Fsp3) is 0.538. The monoisotopic (exact) mass is 242 g/mol. The van der Waals surface area contributed by atoms with E-state index in [4.69, 9.17) is 4.74 Å². The molecule has 0 amide bonds. The van der Waals surface area contributed by atoms with Crippen molar-refractivity contribution in [2.45, 2.75) is 38.4 Å². The molecule has 1 aromatic carbocycles. The zero-order chi connectivity index (χ0) is 12.4. The molecule has 2 nitrogen and oxygen atoms in total. The van der Waals surface area contributed by atoms with Crippen LogP contribution in [0, 0.1) is 18.6 Å². The molecule has 1 fully saturated rings. The van der Waals surface area contributed by atoms with Gasteiger partial charge in [0.2, 0.25) is 0 Å². The summed E-state index contributed by atoms with van der Waals surface area (Å²) < 4.78 is 32.8. The molecule has 94 valence electrons. The smallest absolute Gasteiger partial charge is 0.134 e. The maximum Gasteiger partial charge on any atom is 0.134 e. The maximum atomic E-state index is 13.8. The Morgan fingerprint density at radius 2 is 2.12 bits per heavy atom. The van der Waals surface area contributed by atoms with E-state index in [-0.39, 0.29) is 5.56 Å². The molecule has 0 bridgehead atoms. The number of ether oxygens (including phenoxy) is 1. The van der Waals surface area contributed by atoms with E-state index in [1.165, 1.54) is 12.1 Å². The molecule has 17 heavy (non-hydrogen) atoms. The Hall–Kier alpha value is -1.00. The fourth-order valence-electron chi connectivity index (χ4n) is 2.15. The molecule has 0 spiro atoms. The molecule has 0 saturated carbocycles. The van der Waals surface area contributed by atoms with Crippen LogP contribution in [-0.2, 0) is 4.74 Å². The molecule has 1 saturated heterocycles. The van der Waals surface area contributed by atoms with Crippen LogP contribution < -0.4 is 0 Å². The average molecular weight is 242 g/mol. The van der Waals surface area contributed by atoms with Gasteiger partial charge in [0.25, 0.3) is 0 Å². The molecule has 1 aliphatic rings. The predicted molar refractivity (Wildman–Crippen MR) is 59.6 cm³/mol. The Labute approximate surface area is 99.2 Å². The summed E-state index contributed by atoms with van der Waals surface area (Å²) in [7, 11) is 0.